The summed E-state index contributed by atoms with van der Waals surface area (Å²) in [5.41, 5.74) is 5.66. The molecule has 2 nitrogen and oxygen atoms in total. The fourth-order valence-electron chi connectivity index (χ4n) is 1.07. The SMILES string of the molecule is CNC(C)c1cc(N)c(F)cc1F. The van der Waals surface area contributed by atoms with Gasteiger partial charge in [0.05, 0.1) is 5.69 Å². The molecule has 0 saturated heterocycles. The van der Waals surface area contributed by atoms with Crippen molar-refractivity contribution in [2.75, 3.05) is 12.8 Å². The second-order valence-corrected chi connectivity index (χ2v) is 2.91. The van der Waals surface area contributed by atoms with Crippen molar-refractivity contribution in [3.8, 4) is 0 Å². The van der Waals surface area contributed by atoms with Crippen LogP contribution in [-0.4, -0.2) is 7.05 Å². The van der Waals surface area contributed by atoms with Crippen LogP contribution in [0.25, 0.3) is 0 Å². The molecule has 0 bridgehead atoms. The molecule has 0 aliphatic rings. The molecule has 0 heterocycles. The van der Waals surface area contributed by atoms with Gasteiger partial charge in [0, 0.05) is 17.7 Å². The molecule has 4 heteroatoms. The van der Waals surface area contributed by atoms with Crippen LogP contribution >= 0.6 is 0 Å². The summed E-state index contributed by atoms with van der Waals surface area (Å²) in [6, 6.07) is 1.94. The molecule has 72 valence electrons. The maximum atomic E-state index is 13.1. The van der Waals surface area contributed by atoms with Gasteiger partial charge in [-0.25, -0.2) is 8.78 Å². The fraction of sp³-hybridized carbons (Fsp3) is 0.333. The third-order valence-electron chi connectivity index (χ3n) is 2.02. The molecule has 1 unspecified atom stereocenters. The molecule has 1 aromatic carbocycles. The lowest BCUT2D eigenvalue weighted by atomic mass is 10.1. The van der Waals surface area contributed by atoms with Crippen molar-refractivity contribution >= 4 is 5.69 Å². The largest absolute Gasteiger partial charge is 0.396 e. The molecule has 1 aromatic rings. The van der Waals surface area contributed by atoms with Gasteiger partial charge in [-0.15, -0.1) is 0 Å². The van der Waals surface area contributed by atoms with Crippen LogP contribution in [0.4, 0.5) is 14.5 Å². The van der Waals surface area contributed by atoms with Crippen LogP contribution < -0.4 is 11.1 Å². The van der Waals surface area contributed by atoms with E-state index in [1.165, 1.54) is 6.07 Å². The topological polar surface area (TPSA) is 38.0 Å². The lowest BCUT2D eigenvalue weighted by Gasteiger charge is -2.12. The van der Waals surface area contributed by atoms with Crippen LogP contribution in [0.1, 0.15) is 18.5 Å². The van der Waals surface area contributed by atoms with Gasteiger partial charge in [0.25, 0.3) is 0 Å². The fourth-order valence-corrected chi connectivity index (χ4v) is 1.07. The minimum Gasteiger partial charge on any atom is -0.396 e. The van der Waals surface area contributed by atoms with Gasteiger partial charge in [0.2, 0.25) is 0 Å². The van der Waals surface area contributed by atoms with Crippen LogP contribution in [0.3, 0.4) is 0 Å². The standard InChI is InChI=1S/C9H12F2N2/c1-5(13-2)6-3-9(12)8(11)4-7(6)10/h3-5,13H,12H2,1-2H3. The van der Waals surface area contributed by atoms with E-state index in [0.717, 1.165) is 6.07 Å². The molecule has 0 saturated carbocycles. The van der Waals surface area contributed by atoms with Crippen molar-refractivity contribution in [1.82, 2.24) is 5.32 Å². The van der Waals surface area contributed by atoms with Crippen molar-refractivity contribution in [2.45, 2.75) is 13.0 Å². The van der Waals surface area contributed by atoms with Crippen molar-refractivity contribution in [1.29, 1.82) is 0 Å². The molecule has 0 aliphatic heterocycles. The number of anilines is 1. The van der Waals surface area contributed by atoms with Crippen molar-refractivity contribution in [2.24, 2.45) is 0 Å². The van der Waals surface area contributed by atoms with Gasteiger partial charge in [0.1, 0.15) is 11.6 Å². The molecule has 0 amide bonds. The zero-order valence-electron chi connectivity index (χ0n) is 7.57. The molecule has 1 rings (SSSR count). The highest BCUT2D eigenvalue weighted by Gasteiger charge is 2.12. The number of hydrogen-bond donors (Lipinski definition) is 2. The molecule has 0 aromatic heterocycles. The minimum atomic E-state index is -0.718. The minimum absolute atomic E-state index is 0.0292. The summed E-state index contributed by atoms with van der Waals surface area (Å²) in [6.07, 6.45) is 0. The molecule has 0 fully saturated rings. The summed E-state index contributed by atoms with van der Waals surface area (Å²) < 4.78 is 25.9. The maximum absolute atomic E-state index is 13.1. The first-order chi connectivity index (χ1) is 6.06. The summed E-state index contributed by atoms with van der Waals surface area (Å²) >= 11 is 0. The van der Waals surface area contributed by atoms with E-state index < -0.39 is 11.6 Å². The number of hydrogen-bond acceptors (Lipinski definition) is 2. The average molecular weight is 186 g/mol. The number of nitrogens with two attached hydrogens (primary N) is 1. The van der Waals surface area contributed by atoms with Crippen molar-refractivity contribution in [3.05, 3.63) is 29.3 Å². The molecule has 1 atom stereocenters. The number of nitrogens with one attached hydrogen (secondary N) is 1. The van der Waals surface area contributed by atoms with Gasteiger partial charge in [-0.1, -0.05) is 0 Å². The lowest BCUT2D eigenvalue weighted by molar-refractivity contribution is 0.544. The van der Waals surface area contributed by atoms with Gasteiger partial charge >= 0.3 is 0 Å². The quantitative estimate of drug-likeness (QED) is 0.691. The van der Waals surface area contributed by atoms with E-state index in [2.05, 4.69) is 5.32 Å². The van der Waals surface area contributed by atoms with E-state index in [1.54, 1.807) is 14.0 Å². The lowest BCUT2D eigenvalue weighted by Crippen LogP contribution is -2.14. The Morgan fingerprint density at radius 3 is 2.46 bits per heavy atom. The highest BCUT2D eigenvalue weighted by molar-refractivity contribution is 5.44. The first-order valence-corrected chi connectivity index (χ1v) is 3.98. The Labute approximate surface area is 75.7 Å². The van der Waals surface area contributed by atoms with E-state index >= 15 is 0 Å². The molecule has 0 spiro atoms. The van der Waals surface area contributed by atoms with E-state index in [9.17, 15) is 8.78 Å². The summed E-state index contributed by atoms with van der Waals surface area (Å²) in [5.74, 6) is -1.29. The highest BCUT2D eigenvalue weighted by Crippen LogP contribution is 2.21. The van der Waals surface area contributed by atoms with Gasteiger partial charge in [-0.05, 0) is 20.0 Å². The Bertz CT molecular complexity index is 313. The number of rotatable bonds is 2. The molecular weight excluding hydrogens is 174 g/mol. The second kappa shape index (κ2) is 3.70. The smallest absolute Gasteiger partial charge is 0.149 e. The zero-order chi connectivity index (χ0) is 10.0. The Morgan fingerprint density at radius 2 is 1.92 bits per heavy atom. The van der Waals surface area contributed by atoms with E-state index in [1.807, 2.05) is 0 Å². The summed E-state index contributed by atoms with van der Waals surface area (Å²) in [6.45, 7) is 1.77. The predicted octanol–water partition coefficient (Wildman–Crippen LogP) is 1.83. The molecule has 13 heavy (non-hydrogen) atoms. The van der Waals surface area contributed by atoms with Crippen molar-refractivity contribution in [3.63, 3.8) is 0 Å². The van der Waals surface area contributed by atoms with E-state index in [0.29, 0.717) is 5.56 Å². The Kier molecular flexibility index (Phi) is 2.83. The average Bonchev–Trinajstić information content (AvgIpc) is 2.10. The highest BCUT2D eigenvalue weighted by atomic mass is 19.1. The van der Waals surface area contributed by atoms with Gasteiger partial charge in [-0.2, -0.15) is 0 Å². The summed E-state index contributed by atoms with van der Waals surface area (Å²) in [5, 5.41) is 2.85. The first-order valence-electron chi connectivity index (χ1n) is 3.98. The maximum Gasteiger partial charge on any atom is 0.149 e. The molecule has 3 N–H and O–H groups in total. The monoisotopic (exact) mass is 186 g/mol. The number of benzene rings is 1. The normalized spacial score (nSPS) is 12.9. The number of halogens is 2. The Hall–Kier alpha value is -1.16. The predicted molar refractivity (Wildman–Crippen MR) is 48.2 cm³/mol. The zero-order valence-corrected chi connectivity index (χ0v) is 7.57. The Morgan fingerprint density at radius 1 is 1.31 bits per heavy atom. The van der Waals surface area contributed by atoms with Gasteiger partial charge in [-0.3, -0.25) is 0 Å². The van der Waals surface area contributed by atoms with Crippen LogP contribution in [0.15, 0.2) is 12.1 Å². The second-order valence-electron chi connectivity index (χ2n) is 2.91. The summed E-state index contributed by atoms with van der Waals surface area (Å²) in [7, 11) is 1.70. The summed E-state index contributed by atoms with van der Waals surface area (Å²) in [4.78, 5) is 0. The molecular formula is C9H12F2N2. The van der Waals surface area contributed by atoms with Gasteiger partial charge in [0.15, 0.2) is 0 Å². The van der Waals surface area contributed by atoms with Crippen LogP contribution in [-0.2, 0) is 0 Å². The van der Waals surface area contributed by atoms with Gasteiger partial charge < -0.3 is 11.1 Å². The van der Waals surface area contributed by atoms with Crippen LogP contribution in [0.5, 0.6) is 0 Å². The van der Waals surface area contributed by atoms with E-state index in [4.69, 9.17) is 5.73 Å². The third kappa shape index (κ3) is 1.95. The molecule has 0 radical (unpaired) electrons. The Balaban J connectivity index is 3.15. The third-order valence-corrected chi connectivity index (χ3v) is 2.02. The van der Waals surface area contributed by atoms with Crippen molar-refractivity contribution < 1.29 is 8.78 Å². The number of nitrogen functional groups attached to an aromatic ring is 1. The molecule has 0 aliphatic carbocycles. The van der Waals surface area contributed by atoms with Crippen LogP contribution in [0, 0.1) is 11.6 Å². The van der Waals surface area contributed by atoms with Crippen LogP contribution in [0.2, 0.25) is 0 Å². The first kappa shape index (κ1) is 9.92. The van der Waals surface area contributed by atoms with E-state index in [-0.39, 0.29) is 11.7 Å².